The summed E-state index contributed by atoms with van der Waals surface area (Å²) in [5.74, 6) is 0.707. The maximum atomic E-state index is 11.2. The lowest BCUT2D eigenvalue weighted by molar-refractivity contribution is -0.120. The highest BCUT2D eigenvalue weighted by atomic mass is 16.5. The van der Waals surface area contributed by atoms with Gasteiger partial charge in [0.2, 0.25) is 0 Å². The summed E-state index contributed by atoms with van der Waals surface area (Å²) in [5, 5.41) is 0. The molecular weight excluding hydrogens is 166 g/mol. The fourth-order valence-corrected chi connectivity index (χ4v) is 1.32. The van der Waals surface area contributed by atoms with Gasteiger partial charge in [-0.3, -0.25) is 4.79 Å². The van der Waals surface area contributed by atoms with Crippen molar-refractivity contribution in [2.75, 3.05) is 18.6 Å². The Kier molecular flexibility index (Phi) is 1.72. The van der Waals surface area contributed by atoms with Crippen LogP contribution in [-0.2, 0) is 4.79 Å². The van der Waals surface area contributed by atoms with Crippen molar-refractivity contribution < 1.29 is 9.53 Å². The lowest BCUT2D eigenvalue weighted by Gasteiger charge is -2.25. The fraction of sp³-hybridized carbons (Fsp3) is 0.200. The van der Waals surface area contributed by atoms with Gasteiger partial charge >= 0.3 is 0 Å². The molecule has 0 unspecified atom stereocenters. The minimum Gasteiger partial charge on any atom is -0.482 e. The predicted octanol–water partition coefficient (Wildman–Crippen LogP) is 1.22. The van der Waals surface area contributed by atoms with Crippen molar-refractivity contribution in [3.8, 4) is 5.75 Å². The van der Waals surface area contributed by atoms with E-state index in [2.05, 4.69) is 6.92 Å². The molecule has 0 fully saturated rings. The Morgan fingerprint density at radius 2 is 2.31 bits per heavy atom. The van der Waals surface area contributed by atoms with E-state index >= 15 is 0 Å². The molecule has 0 bridgehead atoms. The normalized spacial score (nSPS) is 15.2. The number of benzene rings is 1. The number of fused-ring (bicyclic) bond motifs is 1. The van der Waals surface area contributed by atoms with Crippen LogP contribution in [-0.4, -0.2) is 19.6 Å². The molecule has 0 saturated carbocycles. The molecule has 0 spiro atoms. The summed E-state index contributed by atoms with van der Waals surface area (Å²) in [6, 6.07) is 5.53. The minimum absolute atomic E-state index is 0.0238. The molecule has 1 aromatic carbocycles. The quantitative estimate of drug-likeness (QED) is 0.595. The van der Waals surface area contributed by atoms with Gasteiger partial charge in [0.15, 0.2) is 6.61 Å². The zero-order chi connectivity index (χ0) is 9.42. The Labute approximate surface area is 76.9 Å². The summed E-state index contributed by atoms with van der Waals surface area (Å²) in [5.41, 5.74) is 1.70. The first-order valence-electron chi connectivity index (χ1n) is 4.04. The van der Waals surface area contributed by atoms with Crippen LogP contribution in [0.15, 0.2) is 18.2 Å². The highest BCUT2D eigenvalue weighted by molar-refractivity contribution is 5.97. The standard InChI is InChI=1S/C10H10NO2/c1-7-3-4-8-9(5-7)13-6-10(12)11(8)2/h3-5H,1,6H2,2H3. The third kappa shape index (κ3) is 1.26. The summed E-state index contributed by atoms with van der Waals surface area (Å²) in [4.78, 5) is 12.8. The number of nitrogens with zero attached hydrogens (tertiary/aromatic N) is 1. The van der Waals surface area contributed by atoms with E-state index in [4.69, 9.17) is 4.74 Å². The molecule has 0 N–H and O–H groups in total. The molecule has 13 heavy (non-hydrogen) atoms. The lowest BCUT2D eigenvalue weighted by atomic mass is 10.2. The highest BCUT2D eigenvalue weighted by Gasteiger charge is 2.21. The van der Waals surface area contributed by atoms with Gasteiger partial charge in [-0.1, -0.05) is 6.07 Å². The van der Waals surface area contributed by atoms with Crippen LogP contribution >= 0.6 is 0 Å². The van der Waals surface area contributed by atoms with Gasteiger partial charge in [0, 0.05) is 7.05 Å². The molecule has 1 aromatic rings. The van der Waals surface area contributed by atoms with Gasteiger partial charge < -0.3 is 9.64 Å². The summed E-state index contributed by atoms with van der Waals surface area (Å²) < 4.78 is 5.26. The van der Waals surface area contributed by atoms with Crippen LogP contribution in [0.4, 0.5) is 5.69 Å². The lowest BCUT2D eigenvalue weighted by Crippen LogP contribution is -2.35. The molecule has 67 valence electrons. The molecule has 1 aliphatic heterocycles. The Balaban J connectivity index is 2.49. The molecule has 1 heterocycles. The molecule has 0 saturated heterocycles. The van der Waals surface area contributed by atoms with Crippen molar-refractivity contribution in [3.63, 3.8) is 0 Å². The number of hydrogen-bond donors (Lipinski definition) is 0. The van der Waals surface area contributed by atoms with Crippen molar-refractivity contribution in [2.24, 2.45) is 0 Å². The smallest absolute Gasteiger partial charge is 0.264 e. The van der Waals surface area contributed by atoms with Gasteiger partial charge in [-0.25, -0.2) is 0 Å². The number of amides is 1. The second kappa shape index (κ2) is 2.76. The topological polar surface area (TPSA) is 29.5 Å². The zero-order valence-corrected chi connectivity index (χ0v) is 7.41. The number of carbonyl (C=O) groups is 1. The Hall–Kier alpha value is -1.51. The van der Waals surface area contributed by atoms with Crippen molar-refractivity contribution in [1.29, 1.82) is 0 Å². The van der Waals surface area contributed by atoms with E-state index in [9.17, 15) is 4.79 Å². The van der Waals surface area contributed by atoms with Gasteiger partial charge in [-0.15, -0.1) is 0 Å². The van der Waals surface area contributed by atoms with Crippen molar-refractivity contribution >= 4 is 11.6 Å². The number of rotatable bonds is 0. The zero-order valence-electron chi connectivity index (χ0n) is 7.41. The van der Waals surface area contributed by atoms with Crippen molar-refractivity contribution in [3.05, 3.63) is 30.7 Å². The van der Waals surface area contributed by atoms with Gasteiger partial charge in [0.1, 0.15) is 5.75 Å². The number of anilines is 1. The van der Waals surface area contributed by atoms with Crippen LogP contribution < -0.4 is 9.64 Å². The van der Waals surface area contributed by atoms with Gasteiger partial charge in [-0.2, -0.15) is 0 Å². The molecule has 0 aliphatic carbocycles. The molecule has 1 aliphatic rings. The molecule has 2 rings (SSSR count). The van der Waals surface area contributed by atoms with Crippen LogP contribution in [0.2, 0.25) is 0 Å². The third-order valence-corrected chi connectivity index (χ3v) is 2.11. The molecular formula is C10H10NO2. The number of hydrogen-bond acceptors (Lipinski definition) is 2. The van der Waals surface area contributed by atoms with Crippen LogP contribution in [0.25, 0.3) is 0 Å². The van der Waals surface area contributed by atoms with Crippen LogP contribution in [0, 0.1) is 6.92 Å². The molecule has 3 heteroatoms. The first-order valence-corrected chi connectivity index (χ1v) is 4.04. The average Bonchev–Trinajstić information content (AvgIpc) is 2.12. The van der Waals surface area contributed by atoms with E-state index in [1.165, 1.54) is 0 Å². The molecule has 1 radical (unpaired) electrons. The number of ether oxygens (including phenoxy) is 1. The monoisotopic (exact) mass is 176 g/mol. The minimum atomic E-state index is -0.0238. The maximum absolute atomic E-state index is 11.2. The highest BCUT2D eigenvalue weighted by Crippen LogP contribution is 2.31. The van der Waals surface area contributed by atoms with E-state index in [0.717, 1.165) is 17.0 Å². The first-order chi connectivity index (χ1) is 6.18. The number of likely N-dealkylation sites (N-methyl/N-ethyl adjacent to an activating group) is 1. The van der Waals surface area contributed by atoms with Gasteiger partial charge in [0.05, 0.1) is 5.69 Å². The molecule has 3 nitrogen and oxygen atoms in total. The summed E-state index contributed by atoms with van der Waals surface area (Å²) >= 11 is 0. The maximum Gasteiger partial charge on any atom is 0.264 e. The van der Waals surface area contributed by atoms with Crippen molar-refractivity contribution in [2.45, 2.75) is 0 Å². The van der Waals surface area contributed by atoms with E-state index < -0.39 is 0 Å². The first kappa shape index (κ1) is 8.10. The molecule has 0 atom stereocenters. The van der Waals surface area contributed by atoms with Crippen LogP contribution in [0.5, 0.6) is 5.75 Å². The third-order valence-electron chi connectivity index (χ3n) is 2.11. The predicted molar refractivity (Wildman–Crippen MR) is 49.8 cm³/mol. The SMILES string of the molecule is [CH2]c1ccc2c(c1)OCC(=O)N2C. The summed E-state index contributed by atoms with van der Waals surface area (Å²) in [6.07, 6.45) is 0. The van der Waals surface area contributed by atoms with Crippen LogP contribution in [0.3, 0.4) is 0 Å². The van der Waals surface area contributed by atoms with E-state index in [0.29, 0.717) is 0 Å². The largest absolute Gasteiger partial charge is 0.482 e. The van der Waals surface area contributed by atoms with Crippen LogP contribution in [0.1, 0.15) is 5.56 Å². The Morgan fingerprint density at radius 3 is 3.08 bits per heavy atom. The Morgan fingerprint density at radius 1 is 1.54 bits per heavy atom. The molecule has 0 aromatic heterocycles. The van der Waals surface area contributed by atoms with E-state index in [-0.39, 0.29) is 12.5 Å². The van der Waals surface area contributed by atoms with Gasteiger partial charge in [0.25, 0.3) is 5.91 Å². The fourth-order valence-electron chi connectivity index (χ4n) is 1.32. The second-order valence-corrected chi connectivity index (χ2v) is 3.04. The van der Waals surface area contributed by atoms with E-state index in [1.807, 2.05) is 18.2 Å². The Bertz CT molecular complexity index is 360. The van der Waals surface area contributed by atoms with Crippen molar-refractivity contribution in [1.82, 2.24) is 0 Å². The summed E-state index contributed by atoms with van der Waals surface area (Å²) in [7, 11) is 1.74. The van der Waals surface area contributed by atoms with E-state index in [1.54, 1.807) is 11.9 Å². The second-order valence-electron chi connectivity index (χ2n) is 3.04. The number of carbonyl (C=O) groups excluding carboxylic acids is 1. The average molecular weight is 176 g/mol. The van der Waals surface area contributed by atoms with Gasteiger partial charge in [-0.05, 0) is 24.6 Å². The summed E-state index contributed by atoms with van der Waals surface area (Å²) in [6.45, 7) is 3.91. The molecule has 1 amide bonds.